The summed E-state index contributed by atoms with van der Waals surface area (Å²) >= 11 is 0.886. The Morgan fingerprint density at radius 1 is 1.38 bits per heavy atom. The molecule has 0 radical (unpaired) electrons. The van der Waals surface area contributed by atoms with Crippen LogP contribution in [0.3, 0.4) is 0 Å². The van der Waals surface area contributed by atoms with Gasteiger partial charge in [-0.1, -0.05) is 0 Å². The molecule has 0 saturated heterocycles. The smallest absolute Gasteiger partial charge is 0.434 e. The molecule has 2 aromatic heterocycles. The minimum Gasteiger partial charge on any atom is -0.465 e. The summed E-state index contributed by atoms with van der Waals surface area (Å²) in [4.78, 5) is 19.7. The van der Waals surface area contributed by atoms with Crippen LogP contribution in [0, 0.1) is 0 Å². The summed E-state index contributed by atoms with van der Waals surface area (Å²) in [5.41, 5.74) is 0.851. The first kappa shape index (κ1) is 16.7. The molecule has 0 aromatic carbocycles. The van der Waals surface area contributed by atoms with E-state index in [-0.39, 0.29) is 17.6 Å². The summed E-state index contributed by atoms with van der Waals surface area (Å²) in [6.45, 7) is 0.228. The van der Waals surface area contributed by atoms with E-state index in [4.69, 9.17) is 4.74 Å². The molecule has 1 aliphatic carbocycles. The first-order chi connectivity index (χ1) is 11.4. The van der Waals surface area contributed by atoms with Crippen LogP contribution in [-0.2, 0) is 17.5 Å². The Hall–Kier alpha value is -2.16. The fourth-order valence-electron chi connectivity index (χ4n) is 2.22. The summed E-state index contributed by atoms with van der Waals surface area (Å²) in [6.07, 6.45) is -2.51. The first-order valence-electron chi connectivity index (χ1n) is 7.23. The standard InChI is InChI=1S/C15H14F3N3O2S/c1-23-13(22)10-5-4-9(20-12(10)8-2-3-8)6-19-14-21-11(7-24-14)15(16,17)18/h4-5,7-8H,2-3,6H2,1H3,(H,19,21). The van der Waals surface area contributed by atoms with Crippen LogP contribution >= 0.6 is 11.3 Å². The van der Waals surface area contributed by atoms with Crippen LogP contribution in [-0.4, -0.2) is 23.0 Å². The van der Waals surface area contributed by atoms with Crippen LogP contribution in [0.1, 0.15) is 46.2 Å². The van der Waals surface area contributed by atoms with Gasteiger partial charge in [-0.2, -0.15) is 13.2 Å². The van der Waals surface area contributed by atoms with Crippen molar-refractivity contribution in [3.8, 4) is 0 Å². The van der Waals surface area contributed by atoms with Crippen molar-refractivity contribution in [2.45, 2.75) is 31.5 Å². The van der Waals surface area contributed by atoms with Gasteiger partial charge in [-0.15, -0.1) is 11.3 Å². The number of carbonyl (C=O) groups is 1. The Bertz CT molecular complexity index is 757. The highest BCUT2D eigenvalue weighted by Gasteiger charge is 2.34. The monoisotopic (exact) mass is 357 g/mol. The van der Waals surface area contributed by atoms with Gasteiger partial charge in [-0.05, 0) is 25.0 Å². The first-order valence-corrected chi connectivity index (χ1v) is 8.11. The van der Waals surface area contributed by atoms with Gasteiger partial charge in [-0.3, -0.25) is 4.98 Å². The van der Waals surface area contributed by atoms with Crippen molar-refractivity contribution in [1.82, 2.24) is 9.97 Å². The molecule has 0 amide bonds. The molecule has 0 bridgehead atoms. The van der Waals surface area contributed by atoms with Crippen molar-refractivity contribution >= 4 is 22.4 Å². The van der Waals surface area contributed by atoms with Gasteiger partial charge in [0, 0.05) is 11.3 Å². The number of aromatic nitrogens is 2. The molecule has 0 atom stereocenters. The highest BCUT2D eigenvalue weighted by Crippen LogP contribution is 2.41. The summed E-state index contributed by atoms with van der Waals surface area (Å²) in [5, 5.41) is 3.97. The van der Waals surface area contributed by atoms with E-state index in [0.717, 1.165) is 29.6 Å². The maximum absolute atomic E-state index is 12.5. The van der Waals surface area contributed by atoms with Crippen LogP contribution in [0.15, 0.2) is 17.5 Å². The fourth-order valence-corrected chi connectivity index (χ4v) is 2.93. The second kappa shape index (κ2) is 6.39. The molecule has 1 N–H and O–H groups in total. The number of ether oxygens (including phenoxy) is 1. The minimum atomic E-state index is -4.45. The van der Waals surface area contributed by atoms with Crippen molar-refractivity contribution in [3.63, 3.8) is 0 Å². The molecule has 24 heavy (non-hydrogen) atoms. The number of thiazole rings is 1. The third kappa shape index (κ3) is 3.66. The van der Waals surface area contributed by atoms with Crippen molar-refractivity contribution < 1.29 is 22.7 Å². The summed E-state index contributed by atoms with van der Waals surface area (Å²) in [6, 6.07) is 3.30. The Kier molecular flexibility index (Phi) is 4.44. The molecule has 1 aliphatic rings. The highest BCUT2D eigenvalue weighted by atomic mass is 32.1. The molecule has 2 aromatic rings. The Morgan fingerprint density at radius 2 is 2.12 bits per heavy atom. The zero-order chi connectivity index (χ0) is 17.3. The maximum Gasteiger partial charge on any atom is 0.434 e. The largest absolute Gasteiger partial charge is 0.465 e. The minimum absolute atomic E-state index is 0.175. The Balaban J connectivity index is 1.72. The van der Waals surface area contributed by atoms with Crippen molar-refractivity contribution in [2.24, 2.45) is 0 Å². The van der Waals surface area contributed by atoms with E-state index < -0.39 is 17.8 Å². The number of pyridine rings is 1. The normalized spacial score (nSPS) is 14.5. The average molecular weight is 357 g/mol. The lowest BCUT2D eigenvalue weighted by Gasteiger charge is -2.09. The zero-order valence-corrected chi connectivity index (χ0v) is 13.5. The van der Waals surface area contributed by atoms with Gasteiger partial charge in [0.25, 0.3) is 0 Å². The van der Waals surface area contributed by atoms with Crippen LogP contribution in [0.2, 0.25) is 0 Å². The van der Waals surface area contributed by atoms with Gasteiger partial charge in [0.1, 0.15) is 0 Å². The van der Waals surface area contributed by atoms with E-state index in [1.807, 2.05) is 0 Å². The second-order valence-corrected chi connectivity index (χ2v) is 6.25. The SMILES string of the molecule is COC(=O)c1ccc(CNc2nc(C(F)(F)F)cs2)nc1C1CC1. The molecule has 0 spiro atoms. The van der Waals surface area contributed by atoms with E-state index in [2.05, 4.69) is 15.3 Å². The molecule has 1 saturated carbocycles. The van der Waals surface area contributed by atoms with E-state index in [1.54, 1.807) is 12.1 Å². The predicted octanol–water partition coefficient (Wildman–Crippen LogP) is 3.83. The molecule has 1 fully saturated rings. The molecule has 5 nitrogen and oxygen atoms in total. The number of rotatable bonds is 5. The Labute approximate surface area is 139 Å². The van der Waals surface area contributed by atoms with Gasteiger partial charge in [0.2, 0.25) is 0 Å². The summed E-state index contributed by atoms with van der Waals surface area (Å²) < 4.78 is 42.3. The number of hydrogen-bond donors (Lipinski definition) is 1. The number of hydrogen-bond acceptors (Lipinski definition) is 6. The van der Waals surface area contributed by atoms with Crippen LogP contribution in [0.5, 0.6) is 0 Å². The lowest BCUT2D eigenvalue weighted by Crippen LogP contribution is -2.10. The van der Waals surface area contributed by atoms with Crippen molar-refractivity contribution in [3.05, 3.63) is 40.2 Å². The van der Waals surface area contributed by atoms with E-state index in [1.165, 1.54) is 7.11 Å². The lowest BCUT2D eigenvalue weighted by atomic mass is 10.1. The Morgan fingerprint density at radius 3 is 2.71 bits per heavy atom. The van der Waals surface area contributed by atoms with Gasteiger partial charge in [-0.25, -0.2) is 9.78 Å². The molecule has 128 valence electrons. The molecule has 0 aliphatic heterocycles. The van der Waals surface area contributed by atoms with Crippen molar-refractivity contribution in [1.29, 1.82) is 0 Å². The highest BCUT2D eigenvalue weighted by molar-refractivity contribution is 7.13. The molecule has 0 unspecified atom stereocenters. The number of nitrogens with zero attached hydrogens (tertiary/aromatic N) is 2. The van der Waals surface area contributed by atoms with E-state index in [9.17, 15) is 18.0 Å². The number of nitrogens with one attached hydrogen (secondary N) is 1. The van der Waals surface area contributed by atoms with Crippen LogP contribution in [0.4, 0.5) is 18.3 Å². The number of anilines is 1. The molecule has 3 rings (SSSR count). The van der Waals surface area contributed by atoms with Crippen LogP contribution in [0.25, 0.3) is 0 Å². The summed E-state index contributed by atoms with van der Waals surface area (Å²) in [5.74, 6) is -0.186. The van der Waals surface area contributed by atoms with E-state index in [0.29, 0.717) is 17.0 Å². The third-order valence-electron chi connectivity index (χ3n) is 3.57. The zero-order valence-electron chi connectivity index (χ0n) is 12.7. The van der Waals surface area contributed by atoms with Gasteiger partial charge >= 0.3 is 12.1 Å². The molecular formula is C15H14F3N3O2S. The van der Waals surface area contributed by atoms with Crippen molar-refractivity contribution in [2.75, 3.05) is 12.4 Å². The second-order valence-electron chi connectivity index (χ2n) is 5.39. The predicted molar refractivity (Wildman–Crippen MR) is 82.0 cm³/mol. The molecular weight excluding hydrogens is 343 g/mol. The van der Waals surface area contributed by atoms with Gasteiger partial charge in [0.15, 0.2) is 10.8 Å². The molecule has 2 heterocycles. The quantitative estimate of drug-likeness (QED) is 0.824. The fraction of sp³-hybridized carbons (Fsp3) is 0.400. The van der Waals surface area contributed by atoms with Gasteiger partial charge < -0.3 is 10.1 Å². The topological polar surface area (TPSA) is 64.1 Å². The number of carbonyl (C=O) groups excluding carboxylic acids is 1. The molecule has 9 heteroatoms. The van der Waals surface area contributed by atoms with Gasteiger partial charge in [0.05, 0.1) is 30.6 Å². The number of esters is 1. The maximum atomic E-state index is 12.5. The third-order valence-corrected chi connectivity index (χ3v) is 4.37. The van der Waals surface area contributed by atoms with E-state index >= 15 is 0 Å². The number of halogens is 3. The number of alkyl halides is 3. The average Bonchev–Trinajstić information content (AvgIpc) is 3.28. The lowest BCUT2D eigenvalue weighted by molar-refractivity contribution is -0.140. The number of methoxy groups -OCH3 is 1. The summed E-state index contributed by atoms with van der Waals surface area (Å²) in [7, 11) is 1.31. The van der Waals surface area contributed by atoms with Crippen LogP contribution < -0.4 is 5.32 Å².